The molecule has 0 fully saturated rings. The number of rotatable bonds is 1. The molecule has 0 saturated carbocycles. The van der Waals surface area contributed by atoms with Gasteiger partial charge in [0.1, 0.15) is 0 Å². The van der Waals surface area contributed by atoms with Crippen molar-refractivity contribution in [3.63, 3.8) is 0 Å². The highest BCUT2D eigenvalue weighted by Crippen LogP contribution is 2.09. The van der Waals surface area contributed by atoms with Gasteiger partial charge in [0.2, 0.25) is 0 Å². The molecule has 0 spiro atoms. The zero-order valence-corrected chi connectivity index (χ0v) is 5.94. The van der Waals surface area contributed by atoms with Crippen LogP contribution in [-0.2, 0) is 6.61 Å². The Kier molecular flexibility index (Phi) is 1.36. The molecule has 0 amide bonds. The highest BCUT2D eigenvalue weighted by atomic mass is 16.3. The lowest BCUT2D eigenvalue weighted by Crippen LogP contribution is -1.85. The van der Waals surface area contributed by atoms with E-state index in [4.69, 9.17) is 5.11 Å². The average Bonchev–Trinajstić information content (AvgIpc) is 2.47. The van der Waals surface area contributed by atoms with Gasteiger partial charge in [0, 0.05) is 24.2 Å². The molecule has 0 aliphatic heterocycles. The molecule has 0 bridgehead atoms. The van der Waals surface area contributed by atoms with Crippen molar-refractivity contribution in [3.05, 3.63) is 36.4 Å². The van der Waals surface area contributed by atoms with Crippen molar-refractivity contribution in [2.75, 3.05) is 0 Å². The Hall–Kier alpha value is -1.35. The van der Waals surface area contributed by atoms with Gasteiger partial charge in [0.15, 0.2) is 0 Å². The van der Waals surface area contributed by atoms with Gasteiger partial charge in [-0.3, -0.25) is 4.98 Å². The number of aliphatic hydroxyl groups excluding tert-OH is 1. The Morgan fingerprint density at radius 1 is 1.45 bits per heavy atom. The molecule has 2 aromatic heterocycles. The standard InChI is InChI=1S/C8H8N2O/c11-6-7-1-3-10-4-2-9-5-8(7)10/h1-5,11H,6H2. The first kappa shape index (κ1) is 6.37. The maximum atomic E-state index is 8.88. The molecule has 0 aliphatic carbocycles. The quantitative estimate of drug-likeness (QED) is 0.650. The lowest BCUT2D eigenvalue weighted by atomic mass is 10.3. The van der Waals surface area contributed by atoms with Crippen LogP contribution in [0.15, 0.2) is 30.9 Å². The number of aromatic nitrogens is 2. The molecule has 0 aromatic carbocycles. The first-order valence-corrected chi connectivity index (χ1v) is 3.42. The molecule has 0 aliphatic rings. The summed E-state index contributed by atoms with van der Waals surface area (Å²) in [5.74, 6) is 0. The second-order valence-electron chi connectivity index (χ2n) is 2.37. The van der Waals surface area contributed by atoms with Gasteiger partial charge in [-0.05, 0) is 6.07 Å². The number of aliphatic hydroxyl groups is 1. The highest BCUT2D eigenvalue weighted by Gasteiger charge is 1.98. The molecule has 1 N–H and O–H groups in total. The summed E-state index contributed by atoms with van der Waals surface area (Å²) in [6, 6.07) is 1.89. The molecule has 3 heteroatoms. The maximum Gasteiger partial charge on any atom is 0.0703 e. The van der Waals surface area contributed by atoms with Crippen LogP contribution in [0.1, 0.15) is 5.56 Å². The molecule has 0 atom stereocenters. The predicted octanol–water partition coefficient (Wildman–Crippen LogP) is 0.827. The molecule has 3 nitrogen and oxygen atoms in total. The fraction of sp³-hybridized carbons (Fsp3) is 0.125. The van der Waals surface area contributed by atoms with E-state index in [-0.39, 0.29) is 6.61 Å². The lowest BCUT2D eigenvalue weighted by Gasteiger charge is -1.93. The molecule has 56 valence electrons. The Balaban J connectivity index is 2.76. The smallest absolute Gasteiger partial charge is 0.0703 e. The van der Waals surface area contributed by atoms with Crippen LogP contribution < -0.4 is 0 Å². The van der Waals surface area contributed by atoms with E-state index in [0.717, 1.165) is 11.1 Å². The van der Waals surface area contributed by atoms with E-state index in [0.29, 0.717) is 0 Å². The number of nitrogens with zero attached hydrogens (tertiary/aromatic N) is 2. The summed E-state index contributed by atoms with van der Waals surface area (Å²) in [7, 11) is 0. The SMILES string of the molecule is OCc1ccn2ccncc12. The van der Waals surface area contributed by atoms with E-state index >= 15 is 0 Å². The number of fused-ring (bicyclic) bond motifs is 1. The van der Waals surface area contributed by atoms with Crippen molar-refractivity contribution in [1.29, 1.82) is 0 Å². The molecule has 2 rings (SSSR count). The summed E-state index contributed by atoms with van der Waals surface area (Å²) in [6.45, 7) is 0.0716. The van der Waals surface area contributed by atoms with Gasteiger partial charge < -0.3 is 9.51 Å². The van der Waals surface area contributed by atoms with Gasteiger partial charge >= 0.3 is 0 Å². The summed E-state index contributed by atoms with van der Waals surface area (Å²) in [5, 5.41) is 8.88. The third kappa shape index (κ3) is 0.897. The fourth-order valence-electron chi connectivity index (χ4n) is 1.14. The van der Waals surface area contributed by atoms with Crippen molar-refractivity contribution in [1.82, 2.24) is 9.38 Å². The predicted molar refractivity (Wildman–Crippen MR) is 41.1 cm³/mol. The third-order valence-electron chi connectivity index (χ3n) is 1.72. The third-order valence-corrected chi connectivity index (χ3v) is 1.72. The average molecular weight is 148 g/mol. The molecule has 0 unspecified atom stereocenters. The molecule has 11 heavy (non-hydrogen) atoms. The highest BCUT2D eigenvalue weighted by molar-refractivity contribution is 5.53. The van der Waals surface area contributed by atoms with Crippen LogP contribution in [-0.4, -0.2) is 14.5 Å². The summed E-state index contributed by atoms with van der Waals surface area (Å²) < 4.78 is 1.93. The minimum Gasteiger partial charge on any atom is -0.392 e. The van der Waals surface area contributed by atoms with Crippen LogP contribution in [0.5, 0.6) is 0 Å². The van der Waals surface area contributed by atoms with Crippen LogP contribution in [0.25, 0.3) is 5.52 Å². The van der Waals surface area contributed by atoms with E-state index in [2.05, 4.69) is 4.98 Å². The van der Waals surface area contributed by atoms with Crippen LogP contribution in [0.2, 0.25) is 0 Å². The topological polar surface area (TPSA) is 37.5 Å². The zero-order chi connectivity index (χ0) is 7.68. The molecule has 2 aromatic rings. The van der Waals surface area contributed by atoms with Crippen LogP contribution in [0.3, 0.4) is 0 Å². The fourth-order valence-corrected chi connectivity index (χ4v) is 1.14. The summed E-state index contributed by atoms with van der Waals surface area (Å²) in [5.41, 5.74) is 1.88. The molecule has 0 saturated heterocycles. The van der Waals surface area contributed by atoms with Gasteiger partial charge in [-0.15, -0.1) is 0 Å². The van der Waals surface area contributed by atoms with Crippen molar-refractivity contribution in [2.45, 2.75) is 6.61 Å². The second kappa shape index (κ2) is 2.36. The minimum atomic E-state index is 0.0716. The first-order valence-electron chi connectivity index (χ1n) is 3.42. The van der Waals surface area contributed by atoms with Crippen molar-refractivity contribution in [2.24, 2.45) is 0 Å². The van der Waals surface area contributed by atoms with E-state index in [9.17, 15) is 0 Å². The zero-order valence-electron chi connectivity index (χ0n) is 5.94. The second-order valence-corrected chi connectivity index (χ2v) is 2.37. The van der Waals surface area contributed by atoms with Gasteiger partial charge in [0.05, 0.1) is 18.3 Å². The van der Waals surface area contributed by atoms with E-state index in [1.807, 2.05) is 22.9 Å². The largest absolute Gasteiger partial charge is 0.392 e. The van der Waals surface area contributed by atoms with Crippen molar-refractivity contribution < 1.29 is 5.11 Å². The lowest BCUT2D eigenvalue weighted by molar-refractivity contribution is 0.283. The van der Waals surface area contributed by atoms with Crippen LogP contribution >= 0.6 is 0 Å². The normalized spacial score (nSPS) is 10.6. The van der Waals surface area contributed by atoms with Gasteiger partial charge in [-0.1, -0.05) is 0 Å². The van der Waals surface area contributed by atoms with Gasteiger partial charge in [-0.25, -0.2) is 0 Å². The Morgan fingerprint density at radius 2 is 2.36 bits per heavy atom. The first-order chi connectivity index (χ1) is 5.42. The van der Waals surface area contributed by atoms with Gasteiger partial charge in [0.25, 0.3) is 0 Å². The number of hydrogen-bond acceptors (Lipinski definition) is 2. The number of hydrogen-bond donors (Lipinski definition) is 1. The van der Waals surface area contributed by atoms with E-state index in [1.54, 1.807) is 12.4 Å². The van der Waals surface area contributed by atoms with Crippen molar-refractivity contribution >= 4 is 5.52 Å². The molecule has 2 heterocycles. The maximum absolute atomic E-state index is 8.88. The minimum absolute atomic E-state index is 0.0716. The molecular weight excluding hydrogens is 140 g/mol. The summed E-state index contributed by atoms with van der Waals surface area (Å²) in [6.07, 6.45) is 7.22. The Labute approximate surface area is 63.9 Å². The van der Waals surface area contributed by atoms with E-state index < -0.39 is 0 Å². The van der Waals surface area contributed by atoms with Crippen molar-refractivity contribution in [3.8, 4) is 0 Å². The molecule has 0 radical (unpaired) electrons. The Bertz CT molecular complexity index is 367. The van der Waals surface area contributed by atoms with E-state index in [1.165, 1.54) is 0 Å². The molecular formula is C8H8N2O. The monoisotopic (exact) mass is 148 g/mol. The Morgan fingerprint density at radius 3 is 3.18 bits per heavy atom. The van der Waals surface area contributed by atoms with Crippen LogP contribution in [0, 0.1) is 0 Å². The summed E-state index contributed by atoms with van der Waals surface area (Å²) >= 11 is 0. The van der Waals surface area contributed by atoms with Gasteiger partial charge in [-0.2, -0.15) is 0 Å². The summed E-state index contributed by atoms with van der Waals surface area (Å²) in [4.78, 5) is 3.96. The van der Waals surface area contributed by atoms with Crippen LogP contribution in [0.4, 0.5) is 0 Å².